The molecule has 4 nitrogen and oxygen atoms in total. The SMILES string of the molecule is Cc1cc(C#N)c(C#N)cc1S(C)(=O)=O. The first-order valence-electron chi connectivity index (χ1n) is 4.05. The minimum Gasteiger partial charge on any atom is -0.224 e. The van der Waals surface area contributed by atoms with Crippen molar-refractivity contribution in [1.82, 2.24) is 0 Å². The third kappa shape index (κ3) is 2.15. The Kier molecular flexibility index (Phi) is 2.78. The van der Waals surface area contributed by atoms with Crippen LogP contribution in [0.3, 0.4) is 0 Å². The lowest BCUT2D eigenvalue weighted by atomic mass is 10.1. The summed E-state index contributed by atoms with van der Waals surface area (Å²) in [5, 5.41) is 17.5. The first-order valence-corrected chi connectivity index (χ1v) is 5.94. The Bertz CT molecular complexity index is 589. The summed E-state index contributed by atoms with van der Waals surface area (Å²) >= 11 is 0. The molecule has 0 aliphatic rings. The van der Waals surface area contributed by atoms with Gasteiger partial charge in [0.2, 0.25) is 0 Å². The summed E-state index contributed by atoms with van der Waals surface area (Å²) in [5.41, 5.74) is 0.763. The second kappa shape index (κ2) is 3.72. The van der Waals surface area contributed by atoms with Gasteiger partial charge in [-0.25, -0.2) is 8.42 Å². The van der Waals surface area contributed by atoms with E-state index in [0.29, 0.717) is 5.56 Å². The third-order valence-corrected chi connectivity index (χ3v) is 3.19. The average Bonchev–Trinajstić information content (AvgIpc) is 2.15. The van der Waals surface area contributed by atoms with E-state index >= 15 is 0 Å². The summed E-state index contributed by atoms with van der Waals surface area (Å²) in [5.74, 6) is 0. The van der Waals surface area contributed by atoms with Crippen LogP contribution in [0, 0.1) is 29.6 Å². The zero-order valence-corrected chi connectivity index (χ0v) is 9.09. The second-order valence-electron chi connectivity index (χ2n) is 3.16. The van der Waals surface area contributed by atoms with E-state index in [0.717, 1.165) is 6.26 Å². The minimum absolute atomic E-state index is 0.0866. The quantitative estimate of drug-likeness (QED) is 0.710. The molecule has 0 atom stereocenters. The second-order valence-corrected chi connectivity index (χ2v) is 5.14. The largest absolute Gasteiger partial charge is 0.224 e. The number of aryl methyl sites for hydroxylation is 1. The summed E-state index contributed by atoms with van der Waals surface area (Å²) in [6.45, 7) is 1.60. The van der Waals surface area contributed by atoms with Crippen LogP contribution in [0.15, 0.2) is 17.0 Å². The van der Waals surface area contributed by atoms with E-state index in [9.17, 15) is 8.42 Å². The van der Waals surface area contributed by atoms with Crippen molar-refractivity contribution in [2.45, 2.75) is 11.8 Å². The van der Waals surface area contributed by atoms with Crippen molar-refractivity contribution >= 4 is 9.84 Å². The summed E-state index contributed by atoms with van der Waals surface area (Å²) in [6, 6.07) is 6.30. The van der Waals surface area contributed by atoms with Gasteiger partial charge in [0, 0.05) is 6.26 Å². The van der Waals surface area contributed by atoms with E-state index in [-0.39, 0.29) is 16.0 Å². The molecule has 0 aliphatic heterocycles. The van der Waals surface area contributed by atoms with Gasteiger partial charge in [0.25, 0.3) is 0 Å². The number of benzene rings is 1. The molecule has 0 amide bonds. The molecule has 0 radical (unpaired) electrons. The average molecular weight is 220 g/mol. The third-order valence-electron chi connectivity index (χ3n) is 1.96. The lowest BCUT2D eigenvalue weighted by Gasteiger charge is -2.04. The highest BCUT2D eigenvalue weighted by Crippen LogP contribution is 2.19. The monoisotopic (exact) mass is 220 g/mol. The van der Waals surface area contributed by atoms with E-state index in [2.05, 4.69) is 0 Å². The molecule has 0 aromatic heterocycles. The van der Waals surface area contributed by atoms with Gasteiger partial charge in [-0.15, -0.1) is 0 Å². The van der Waals surface area contributed by atoms with E-state index in [1.165, 1.54) is 12.1 Å². The molecule has 1 aromatic rings. The predicted molar refractivity (Wildman–Crippen MR) is 53.7 cm³/mol. The highest BCUT2D eigenvalue weighted by atomic mass is 32.2. The zero-order valence-electron chi connectivity index (χ0n) is 8.27. The van der Waals surface area contributed by atoms with Crippen molar-refractivity contribution in [1.29, 1.82) is 10.5 Å². The van der Waals surface area contributed by atoms with E-state index in [1.54, 1.807) is 13.0 Å². The van der Waals surface area contributed by atoms with Gasteiger partial charge >= 0.3 is 0 Å². The molecule has 1 rings (SSSR count). The maximum atomic E-state index is 11.3. The van der Waals surface area contributed by atoms with Crippen LogP contribution < -0.4 is 0 Å². The molecule has 0 fully saturated rings. The maximum absolute atomic E-state index is 11.3. The molecule has 1 aromatic carbocycles. The van der Waals surface area contributed by atoms with Gasteiger partial charge in [-0.1, -0.05) is 0 Å². The van der Waals surface area contributed by atoms with Crippen LogP contribution in [0.5, 0.6) is 0 Å². The fourth-order valence-corrected chi connectivity index (χ4v) is 2.25. The van der Waals surface area contributed by atoms with E-state index < -0.39 is 9.84 Å². The van der Waals surface area contributed by atoms with Crippen molar-refractivity contribution in [3.05, 3.63) is 28.8 Å². The highest BCUT2D eigenvalue weighted by molar-refractivity contribution is 7.90. The summed E-state index contributed by atoms with van der Waals surface area (Å²) in [6.07, 6.45) is 1.07. The molecule has 15 heavy (non-hydrogen) atoms. The van der Waals surface area contributed by atoms with Gasteiger partial charge in [-0.2, -0.15) is 10.5 Å². The van der Waals surface area contributed by atoms with E-state index in [1.807, 2.05) is 6.07 Å². The molecule has 0 spiro atoms. The molecule has 0 saturated carbocycles. The van der Waals surface area contributed by atoms with Crippen molar-refractivity contribution in [2.75, 3.05) is 6.26 Å². The normalized spacial score (nSPS) is 10.4. The number of sulfone groups is 1. The number of hydrogen-bond donors (Lipinski definition) is 0. The highest BCUT2D eigenvalue weighted by Gasteiger charge is 2.14. The van der Waals surface area contributed by atoms with Crippen molar-refractivity contribution in [3.63, 3.8) is 0 Å². The van der Waals surface area contributed by atoms with Crippen molar-refractivity contribution < 1.29 is 8.42 Å². The van der Waals surface area contributed by atoms with Gasteiger partial charge < -0.3 is 0 Å². The molecule has 76 valence electrons. The Hall–Kier alpha value is -1.85. The predicted octanol–water partition coefficient (Wildman–Crippen LogP) is 1.14. The Morgan fingerprint density at radius 1 is 1.13 bits per heavy atom. The number of hydrogen-bond acceptors (Lipinski definition) is 4. The van der Waals surface area contributed by atoms with Crippen LogP contribution in [-0.2, 0) is 9.84 Å². The smallest absolute Gasteiger partial charge is 0.175 e. The molecular formula is C10H8N2O2S. The molecule has 0 bridgehead atoms. The maximum Gasteiger partial charge on any atom is 0.175 e. The van der Waals surface area contributed by atoms with Crippen LogP contribution in [0.4, 0.5) is 0 Å². The summed E-state index contributed by atoms with van der Waals surface area (Å²) in [7, 11) is -3.35. The van der Waals surface area contributed by atoms with Crippen LogP contribution >= 0.6 is 0 Å². The lowest BCUT2D eigenvalue weighted by Crippen LogP contribution is -2.02. The summed E-state index contributed by atoms with van der Waals surface area (Å²) in [4.78, 5) is 0.0954. The Morgan fingerprint density at radius 2 is 1.60 bits per heavy atom. The summed E-state index contributed by atoms with van der Waals surface area (Å²) < 4.78 is 22.7. The van der Waals surface area contributed by atoms with Crippen LogP contribution in [0.25, 0.3) is 0 Å². The van der Waals surface area contributed by atoms with Crippen molar-refractivity contribution in [3.8, 4) is 12.1 Å². The Balaban J connectivity index is 3.64. The van der Waals surface area contributed by atoms with Gasteiger partial charge in [0.15, 0.2) is 9.84 Å². The Labute approximate surface area is 88.3 Å². The molecule has 5 heteroatoms. The van der Waals surface area contributed by atoms with Crippen molar-refractivity contribution in [2.24, 2.45) is 0 Å². The first kappa shape index (κ1) is 11.2. The molecule has 0 N–H and O–H groups in total. The van der Waals surface area contributed by atoms with Crippen LogP contribution in [0.2, 0.25) is 0 Å². The van der Waals surface area contributed by atoms with Gasteiger partial charge in [-0.3, -0.25) is 0 Å². The fourth-order valence-electron chi connectivity index (χ4n) is 1.27. The molecule has 0 aliphatic carbocycles. The minimum atomic E-state index is -3.35. The molecule has 0 saturated heterocycles. The van der Waals surface area contributed by atoms with E-state index in [4.69, 9.17) is 10.5 Å². The van der Waals surface area contributed by atoms with Crippen LogP contribution in [0.1, 0.15) is 16.7 Å². The topological polar surface area (TPSA) is 81.7 Å². The number of nitriles is 2. The zero-order chi connectivity index (χ0) is 11.6. The molecule has 0 heterocycles. The lowest BCUT2D eigenvalue weighted by molar-refractivity contribution is 0.601. The molecule has 0 unspecified atom stereocenters. The molecular weight excluding hydrogens is 212 g/mol. The van der Waals surface area contributed by atoms with Gasteiger partial charge in [0.05, 0.1) is 16.0 Å². The van der Waals surface area contributed by atoms with Crippen LogP contribution in [-0.4, -0.2) is 14.7 Å². The number of rotatable bonds is 1. The standard InChI is InChI=1S/C10H8N2O2S/c1-7-3-8(5-11)9(6-12)4-10(7)15(2,13)14/h3-4H,1-2H3. The fraction of sp³-hybridized carbons (Fsp3) is 0.200. The number of nitrogens with zero attached hydrogens (tertiary/aromatic N) is 2. The van der Waals surface area contributed by atoms with Gasteiger partial charge in [-0.05, 0) is 24.6 Å². The van der Waals surface area contributed by atoms with Gasteiger partial charge in [0.1, 0.15) is 12.1 Å². The first-order chi connectivity index (χ1) is 6.90. The Morgan fingerprint density at radius 3 is 2.00 bits per heavy atom.